The fourth-order valence-corrected chi connectivity index (χ4v) is 4.42. The second kappa shape index (κ2) is 9.52. The Kier molecular flexibility index (Phi) is 6.56. The first-order valence-electron chi connectivity index (χ1n) is 10.7. The third-order valence-corrected chi connectivity index (χ3v) is 6.30. The number of hydrogen-bond acceptors (Lipinski definition) is 3. The number of piperazine rings is 1. The third kappa shape index (κ3) is 4.90. The van der Waals surface area contributed by atoms with E-state index >= 15 is 0 Å². The molecular weight excluding hydrogens is 414 g/mol. The Morgan fingerprint density at radius 2 is 1.29 bits per heavy atom. The number of piperidine rings is 1. The SMILES string of the molecule is O=C(c1ccccc1)N1CCN(C(=O)C2CCCN(C(=O)c3ccc(Cl)cc3)C2)CC1. The lowest BCUT2D eigenvalue weighted by molar-refractivity contribution is -0.138. The lowest BCUT2D eigenvalue weighted by Crippen LogP contribution is -2.54. The van der Waals surface area contributed by atoms with Crippen LogP contribution >= 0.6 is 11.6 Å². The van der Waals surface area contributed by atoms with Crippen molar-refractivity contribution in [3.8, 4) is 0 Å². The smallest absolute Gasteiger partial charge is 0.253 e. The summed E-state index contributed by atoms with van der Waals surface area (Å²) in [6.07, 6.45) is 1.59. The van der Waals surface area contributed by atoms with Gasteiger partial charge in [0.2, 0.25) is 5.91 Å². The highest BCUT2D eigenvalue weighted by molar-refractivity contribution is 6.30. The fraction of sp³-hybridized carbons (Fsp3) is 0.375. The number of carbonyl (C=O) groups excluding carboxylic acids is 3. The molecule has 0 N–H and O–H groups in total. The number of rotatable bonds is 3. The van der Waals surface area contributed by atoms with Crippen molar-refractivity contribution in [3.63, 3.8) is 0 Å². The Morgan fingerprint density at radius 1 is 0.710 bits per heavy atom. The van der Waals surface area contributed by atoms with Crippen molar-refractivity contribution in [1.29, 1.82) is 0 Å². The molecule has 0 saturated carbocycles. The number of carbonyl (C=O) groups is 3. The predicted octanol–water partition coefficient (Wildman–Crippen LogP) is 3.18. The Labute approximate surface area is 187 Å². The van der Waals surface area contributed by atoms with Gasteiger partial charge in [0.05, 0.1) is 5.92 Å². The van der Waals surface area contributed by atoms with Gasteiger partial charge in [-0.2, -0.15) is 0 Å². The molecular formula is C24H26ClN3O3. The quantitative estimate of drug-likeness (QED) is 0.738. The van der Waals surface area contributed by atoms with E-state index in [0.717, 1.165) is 12.8 Å². The summed E-state index contributed by atoms with van der Waals surface area (Å²) in [6, 6.07) is 16.1. The molecule has 4 rings (SSSR count). The topological polar surface area (TPSA) is 60.9 Å². The Bertz CT molecular complexity index is 940. The minimum absolute atomic E-state index is 0.00472. The summed E-state index contributed by atoms with van der Waals surface area (Å²) < 4.78 is 0. The number of benzene rings is 2. The van der Waals surface area contributed by atoms with E-state index in [4.69, 9.17) is 11.6 Å². The molecule has 0 radical (unpaired) electrons. The van der Waals surface area contributed by atoms with Crippen LogP contribution in [0.5, 0.6) is 0 Å². The van der Waals surface area contributed by atoms with Gasteiger partial charge in [-0.1, -0.05) is 29.8 Å². The number of halogens is 1. The van der Waals surface area contributed by atoms with Crippen LogP contribution in [-0.4, -0.2) is 71.7 Å². The van der Waals surface area contributed by atoms with Gasteiger partial charge in [0, 0.05) is 55.4 Å². The zero-order valence-corrected chi connectivity index (χ0v) is 18.1. The number of likely N-dealkylation sites (tertiary alicyclic amines) is 1. The summed E-state index contributed by atoms with van der Waals surface area (Å²) in [6.45, 7) is 3.20. The molecule has 1 unspecified atom stereocenters. The first-order chi connectivity index (χ1) is 15.0. The lowest BCUT2D eigenvalue weighted by Gasteiger charge is -2.39. The molecule has 2 aromatic rings. The van der Waals surface area contributed by atoms with Crippen molar-refractivity contribution in [2.75, 3.05) is 39.3 Å². The normalized spacial score (nSPS) is 19.3. The predicted molar refractivity (Wildman–Crippen MR) is 119 cm³/mol. The molecule has 7 heteroatoms. The van der Waals surface area contributed by atoms with E-state index in [9.17, 15) is 14.4 Å². The first-order valence-corrected chi connectivity index (χ1v) is 11.1. The van der Waals surface area contributed by atoms with Gasteiger partial charge in [-0.15, -0.1) is 0 Å². The van der Waals surface area contributed by atoms with Crippen molar-refractivity contribution in [2.45, 2.75) is 12.8 Å². The van der Waals surface area contributed by atoms with Crippen LogP contribution in [0.1, 0.15) is 33.6 Å². The highest BCUT2D eigenvalue weighted by Gasteiger charge is 2.33. The monoisotopic (exact) mass is 439 g/mol. The summed E-state index contributed by atoms with van der Waals surface area (Å²) in [5.41, 5.74) is 1.26. The minimum Gasteiger partial charge on any atom is -0.339 e. The van der Waals surface area contributed by atoms with E-state index in [1.54, 1.807) is 34.1 Å². The molecule has 2 fully saturated rings. The lowest BCUT2D eigenvalue weighted by atomic mass is 9.95. The van der Waals surface area contributed by atoms with E-state index in [1.165, 1.54) is 0 Å². The molecule has 2 aliphatic heterocycles. The van der Waals surface area contributed by atoms with Gasteiger partial charge in [0.15, 0.2) is 0 Å². The van der Waals surface area contributed by atoms with Crippen LogP contribution in [0.25, 0.3) is 0 Å². The van der Waals surface area contributed by atoms with Crippen LogP contribution in [0.15, 0.2) is 54.6 Å². The Hall–Kier alpha value is -2.86. The highest BCUT2D eigenvalue weighted by Crippen LogP contribution is 2.22. The van der Waals surface area contributed by atoms with E-state index < -0.39 is 0 Å². The van der Waals surface area contributed by atoms with E-state index in [-0.39, 0.29) is 23.6 Å². The van der Waals surface area contributed by atoms with Crippen LogP contribution in [0.3, 0.4) is 0 Å². The molecule has 31 heavy (non-hydrogen) atoms. The van der Waals surface area contributed by atoms with Crippen molar-refractivity contribution in [1.82, 2.24) is 14.7 Å². The summed E-state index contributed by atoms with van der Waals surface area (Å²) in [5.74, 6) is -0.167. The maximum atomic E-state index is 13.1. The zero-order valence-electron chi connectivity index (χ0n) is 17.4. The number of amides is 3. The van der Waals surface area contributed by atoms with Gasteiger partial charge in [0.1, 0.15) is 0 Å². The van der Waals surface area contributed by atoms with Gasteiger partial charge < -0.3 is 14.7 Å². The molecule has 0 bridgehead atoms. The molecule has 2 heterocycles. The summed E-state index contributed by atoms with van der Waals surface area (Å²) >= 11 is 5.92. The summed E-state index contributed by atoms with van der Waals surface area (Å²) in [4.78, 5) is 44.0. The number of hydrogen-bond donors (Lipinski definition) is 0. The van der Waals surface area contributed by atoms with Gasteiger partial charge in [-0.3, -0.25) is 14.4 Å². The van der Waals surface area contributed by atoms with Crippen LogP contribution in [-0.2, 0) is 4.79 Å². The van der Waals surface area contributed by atoms with Crippen molar-refractivity contribution in [2.24, 2.45) is 5.92 Å². The molecule has 2 aliphatic rings. The highest BCUT2D eigenvalue weighted by atomic mass is 35.5. The van der Waals surface area contributed by atoms with Crippen molar-refractivity contribution < 1.29 is 14.4 Å². The third-order valence-electron chi connectivity index (χ3n) is 6.05. The first kappa shape index (κ1) is 21.4. The number of nitrogens with zero attached hydrogens (tertiary/aromatic N) is 3. The maximum Gasteiger partial charge on any atom is 0.253 e. The average molecular weight is 440 g/mol. The minimum atomic E-state index is -0.193. The molecule has 3 amide bonds. The van der Waals surface area contributed by atoms with E-state index in [2.05, 4.69) is 0 Å². The molecule has 1 atom stereocenters. The van der Waals surface area contributed by atoms with Crippen LogP contribution in [0.4, 0.5) is 0 Å². The fourth-order valence-electron chi connectivity index (χ4n) is 4.29. The van der Waals surface area contributed by atoms with Crippen LogP contribution in [0, 0.1) is 5.92 Å². The molecule has 162 valence electrons. The standard InChI is InChI=1S/C24H26ClN3O3/c25-21-10-8-19(9-11-21)23(30)28-12-4-7-20(17-28)24(31)27-15-13-26(14-16-27)22(29)18-5-2-1-3-6-18/h1-3,5-6,8-11,20H,4,7,12-17H2. The Morgan fingerprint density at radius 3 is 1.97 bits per heavy atom. The largest absolute Gasteiger partial charge is 0.339 e. The second-order valence-electron chi connectivity index (χ2n) is 8.08. The molecule has 0 aliphatic carbocycles. The Balaban J connectivity index is 1.33. The van der Waals surface area contributed by atoms with Crippen molar-refractivity contribution in [3.05, 3.63) is 70.7 Å². The molecule has 6 nitrogen and oxygen atoms in total. The maximum absolute atomic E-state index is 13.1. The van der Waals surface area contributed by atoms with E-state index in [0.29, 0.717) is 55.4 Å². The van der Waals surface area contributed by atoms with Crippen molar-refractivity contribution >= 4 is 29.3 Å². The summed E-state index contributed by atoms with van der Waals surface area (Å²) in [7, 11) is 0. The zero-order chi connectivity index (χ0) is 21.8. The molecule has 0 aromatic heterocycles. The molecule has 2 aromatic carbocycles. The average Bonchev–Trinajstić information content (AvgIpc) is 2.84. The van der Waals surface area contributed by atoms with Gasteiger partial charge in [-0.05, 0) is 49.2 Å². The van der Waals surface area contributed by atoms with Gasteiger partial charge in [-0.25, -0.2) is 0 Å². The molecule has 2 saturated heterocycles. The van der Waals surface area contributed by atoms with Gasteiger partial charge in [0.25, 0.3) is 11.8 Å². The van der Waals surface area contributed by atoms with Crippen LogP contribution in [0.2, 0.25) is 5.02 Å². The molecule has 0 spiro atoms. The summed E-state index contributed by atoms with van der Waals surface area (Å²) in [5, 5.41) is 0.591. The van der Waals surface area contributed by atoms with E-state index in [1.807, 2.05) is 35.2 Å². The van der Waals surface area contributed by atoms with Crippen LogP contribution < -0.4 is 0 Å². The second-order valence-corrected chi connectivity index (χ2v) is 8.52. The van der Waals surface area contributed by atoms with Gasteiger partial charge >= 0.3 is 0 Å².